The fourth-order valence-corrected chi connectivity index (χ4v) is 5.73. The molecular formula is C21H28O. The maximum absolute atomic E-state index is 5.46. The molecule has 3 aliphatic rings. The van der Waals surface area contributed by atoms with Crippen molar-refractivity contribution in [3.05, 3.63) is 40.5 Å². The molecule has 0 bridgehead atoms. The zero-order valence-electron chi connectivity index (χ0n) is 14.3. The van der Waals surface area contributed by atoms with Crippen molar-refractivity contribution >= 4 is 0 Å². The lowest BCUT2D eigenvalue weighted by Crippen LogP contribution is -2.40. The van der Waals surface area contributed by atoms with Crippen LogP contribution < -0.4 is 4.74 Å². The van der Waals surface area contributed by atoms with Gasteiger partial charge in [-0.3, -0.25) is 0 Å². The van der Waals surface area contributed by atoms with Crippen molar-refractivity contribution in [2.45, 2.75) is 70.6 Å². The molecule has 118 valence electrons. The largest absolute Gasteiger partial charge is 0.497 e. The average molecular weight is 296 g/mol. The van der Waals surface area contributed by atoms with Gasteiger partial charge in [-0.15, -0.1) is 0 Å². The Balaban J connectivity index is 1.90. The number of benzene rings is 1. The maximum atomic E-state index is 5.46. The van der Waals surface area contributed by atoms with Crippen LogP contribution in [0.5, 0.6) is 5.75 Å². The van der Waals surface area contributed by atoms with E-state index in [9.17, 15) is 0 Å². The SMILES string of the molecule is CCC12CCC3(C)CCCC3=C1CCc1cc(OC)ccc12. The van der Waals surface area contributed by atoms with Crippen LogP contribution in [0, 0.1) is 5.41 Å². The van der Waals surface area contributed by atoms with Gasteiger partial charge in [-0.2, -0.15) is 0 Å². The topological polar surface area (TPSA) is 9.23 Å². The van der Waals surface area contributed by atoms with Crippen molar-refractivity contribution in [2.75, 3.05) is 7.11 Å². The first-order chi connectivity index (χ1) is 10.6. The summed E-state index contributed by atoms with van der Waals surface area (Å²) in [5, 5.41) is 0. The molecule has 1 aromatic carbocycles. The molecule has 2 unspecified atom stereocenters. The second kappa shape index (κ2) is 4.88. The van der Waals surface area contributed by atoms with E-state index in [2.05, 4.69) is 32.0 Å². The fraction of sp³-hybridized carbons (Fsp3) is 0.619. The second-order valence-corrected chi connectivity index (χ2v) is 7.83. The van der Waals surface area contributed by atoms with Gasteiger partial charge < -0.3 is 4.74 Å². The zero-order chi connectivity index (χ0) is 15.4. The normalized spacial score (nSPS) is 33.2. The van der Waals surface area contributed by atoms with Crippen molar-refractivity contribution in [3.8, 4) is 5.75 Å². The van der Waals surface area contributed by atoms with Gasteiger partial charge in [0.15, 0.2) is 0 Å². The summed E-state index contributed by atoms with van der Waals surface area (Å²) in [5.41, 5.74) is 7.68. The Morgan fingerprint density at radius 1 is 1.05 bits per heavy atom. The summed E-state index contributed by atoms with van der Waals surface area (Å²) in [4.78, 5) is 0. The van der Waals surface area contributed by atoms with Crippen LogP contribution >= 0.6 is 0 Å². The molecule has 0 amide bonds. The van der Waals surface area contributed by atoms with E-state index in [0.717, 1.165) is 5.75 Å². The van der Waals surface area contributed by atoms with Gasteiger partial charge in [0.2, 0.25) is 0 Å². The first kappa shape index (κ1) is 14.4. The van der Waals surface area contributed by atoms with E-state index in [1.165, 1.54) is 56.9 Å². The van der Waals surface area contributed by atoms with Crippen LogP contribution in [0.2, 0.25) is 0 Å². The molecule has 0 aromatic heterocycles. The van der Waals surface area contributed by atoms with Gasteiger partial charge in [-0.1, -0.05) is 31.1 Å². The van der Waals surface area contributed by atoms with E-state index in [1.807, 2.05) is 11.1 Å². The third-order valence-electron chi connectivity index (χ3n) is 7.01. The first-order valence-electron chi connectivity index (χ1n) is 9.03. The van der Waals surface area contributed by atoms with Crippen molar-refractivity contribution in [1.29, 1.82) is 0 Å². The zero-order valence-corrected chi connectivity index (χ0v) is 14.3. The molecule has 0 spiro atoms. The Kier molecular flexibility index (Phi) is 3.18. The molecule has 0 saturated heterocycles. The minimum Gasteiger partial charge on any atom is -0.497 e. The van der Waals surface area contributed by atoms with Crippen LogP contribution in [0.4, 0.5) is 0 Å². The molecule has 1 fully saturated rings. The third kappa shape index (κ3) is 1.77. The number of hydrogen-bond donors (Lipinski definition) is 0. The summed E-state index contributed by atoms with van der Waals surface area (Å²) in [5.74, 6) is 1.02. The Morgan fingerprint density at radius 3 is 2.68 bits per heavy atom. The summed E-state index contributed by atoms with van der Waals surface area (Å²) >= 11 is 0. The van der Waals surface area contributed by atoms with E-state index >= 15 is 0 Å². The van der Waals surface area contributed by atoms with Crippen LogP contribution in [-0.2, 0) is 11.8 Å². The van der Waals surface area contributed by atoms with E-state index in [0.29, 0.717) is 10.8 Å². The number of fused-ring (bicyclic) bond motifs is 4. The highest BCUT2D eigenvalue weighted by molar-refractivity contribution is 5.52. The Hall–Kier alpha value is -1.24. The highest BCUT2D eigenvalue weighted by Crippen LogP contribution is 2.60. The number of methoxy groups -OCH3 is 1. The van der Waals surface area contributed by atoms with Gasteiger partial charge in [-0.25, -0.2) is 0 Å². The maximum Gasteiger partial charge on any atom is 0.119 e. The third-order valence-corrected chi connectivity index (χ3v) is 7.01. The second-order valence-electron chi connectivity index (χ2n) is 7.83. The molecule has 0 radical (unpaired) electrons. The Labute approximate surface area is 134 Å². The van der Waals surface area contributed by atoms with Gasteiger partial charge in [0.25, 0.3) is 0 Å². The smallest absolute Gasteiger partial charge is 0.119 e. The molecule has 2 atom stereocenters. The molecule has 1 saturated carbocycles. The first-order valence-corrected chi connectivity index (χ1v) is 9.03. The number of aryl methyl sites for hydroxylation is 1. The Bertz CT molecular complexity index is 641. The fourth-order valence-electron chi connectivity index (χ4n) is 5.73. The minimum absolute atomic E-state index is 0.332. The summed E-state index contributed by atoms with van der Waals surface area (Å²) in [7, 11) is 1.78. The van der Waals surface area contributed by atoms with Crippen LogP contribution in [0.15, 0.2) is 29.3 Å². The minimum atomic E-state index is 0.332. The van der Waals surface area contributed by atoms with Crippen molar-refractivity contribution in [2.24, 2.45) is 5.41 Å². The van der Waals surface area contributed by atoms with Crippen LogP contribution in [-0.4, -0.2) is 7.11 Å². The van der Waals surface area contributed by atoms with Crippen LogP contribution in [0.1, 0.15) is 69.9 Å². The van der Waals surface area contributed by atoms with E-state index in [4.69, 9.17) is 4.74 Å². The quantitative estimate of drug-likeness (QED) is 0.648. The van der Waals surface area contributed by atoms with Gasteiger partial charge in [0.05, 0.1) is 7.11 Å². The number of ether oxygens (including phenoxy) is 1. The van der Waals surface area contributed by atoms with Gasteiger partial charge in [0.1, 0.15) is 5.75 Å². The van der Waals surface area contributed by atoms with Crippen molar-refractivity contribution in [1.82, 2.24) is 0 Å². The predicted molar refractivity (Wildman–Crippen MR) is 91.5 cm³/mol. The van der Waals surface area contributed by atoms with Gasteiger partial charge in [0, 0.05) is 5.41 Å². The van der Waals surface area contributed by atoms with E-state index in [-0.39, 0.29) is 0 Å². The van der Waals surface area contributed by atoms with Crippen molar-refractivity contribution < 1.29 is 4.74 Å². The molecule has 0 aliphatic heterocycles. The summed E-state index contributed by atoms with van der Waals surface area (Å²) in [6.07, 6.45) is 10.6. The van der Waals surface area contributed by atoms with E-state index in [1.54, 1.807) is 12.7 Å². The number of allylic oxidation sites excluding steroid dienone is 2. The molecule has 0 N–H and O–H groups in total. The monoisotopic (exact) mass is 296 g/mol. The molecule has 4 rings (SSSR count). The summed E-state index contributed by atoms with van der Waals surface area (Å²) in [6.45, 7) is 4.93. The van der Waals surface area contributed by atoms with Crippen LogP contribution in [0.3, 0.4) is 0 Å². The molecule has 22 heavy (non-hydrogen) atoms. The lowest BCUT2D eigenvalue weighted by molar-refractivity contribution is 0.261. The van der Waals surface area contributed by atoms with Gasteiger partial charge >= 0.3 is 0 Å². The highest BCUT2D eigenvalue weighted by atomic mass is 16.5. The standard InChI is InChI=1S/C21H28O/c1-4-21-13-12-20(2)11-5-6-18(20)19(21)9-7-15-14-16(22-3)8-10-17(15)21/h8,10,14H,4-7,9,11-13H2,1-3H3. The lowest BCUT2D eigenvalue weighted by atomic mass is 9.55. The molecule has 1 nitrogen and oxygen atoms in total. The lowest BCUT2D eigenvalue weighted by Gasteiger charge is -2.49. The Morgan fingerprint density at radius 2 is 1.91 bits per heavy atom. The summed E-state index contributed by atoms with van der Waals surface area (Å²) < 4.78 is 5.46. The van der Waals surface area contributed by atoms with Crippen molar-refractivity contribution in [3.63, 3.8) is 0 Å². The molecular weight excluding hydrogens is 268 g/mol. The molecule has 3 aliphatic carbocycles. The average Bonchev–Trinajstić information content (AvgIpc) is 2.95. The molecule has 0 heterocycles. The van der Waals surface area contributed by atoms with Gasteiger partial charge in [-0.05, 0) is 80.0 Å². The van der Waals surface area contributed by atoms with E-state index < -0.39 is 0 Å². The summed E-state index contributed by atoms with van der Waals surface area (Å²) in [6, 6.07) is 6.83. The molecule has 1 aromatic rings. The van der Waals surface area contributed by atoms with Crippen LogP contribution in [0.25, 0.3) is 0 Å². The molecule has 1 heteroatoms. The number of rotatable bonds is 2. The highest BCUT2D eigenvalue weighted by Gasteiger charge is 2.49. The predicted octanol–water partition coefficient (Wildman–Crippen LogP) is 5.57. The number of hydrogen-bond acceptors (Lipinski definition) is 1.